The highest BCUT2D eigenvalue weighted by Gasteiger charge is 2.74. The second-order valence-corrected chi connectivity index (χ2v) is 10.3. The van der Waals surface area contributed by atoms with Crippen molar-refractivity contribution in [3.63, 3.8) is 0 Å². The molecule has 0 saturated heterocycles. The van der Waals surface area contributed by atoms with Crippen LogP contribution >= 0.6 is 0 Å². The molecule has 3 fully saturated rings. The van der Waals surface area contributed by atoms with Gasteiger partial charge < -0.3 is 9.84 Å². The van der Waals surface area contributed by atoms with Crippen molar-refractivity contribution >= 4 is 5.78 Å². The Morgan fingerprint density at radius 2 is 1.90 bits per heavy atom. The van der Waals surface area contributed by atoms with Crippen molar-refractivity contribution in [3.05, 3.63) is 52.6 Å². The van der Waals surface area contributed by atoms with Crippen molar-refractivity contribution in [2.75, 3.05) is 7.11 Å². The number of ether oxygens (including phenoxy) is 1. The van der Waals surface area contributed by atoms with Gasteiger partial charge >= 0.3 is 0 Å². The van der Waals surface area contributed by atoms with Crippen LogP contribution in [-0.4, -0.2) is 23.6 Å². The molecule has 3 nitrogen and oxygen atoms in total. The first kappa shape index (κ1) is 17.9. The van der Waals surface area contributed by atoms with Crippen LogP contribution in [0.15, 0.2) is 47.1 Å². The van der Waals surface area contributed by atoms with Gasteiger partial charge in [0.05, 0.1) is 12.7 Å². The van der Waals surface area contributed by atoms with Crippen LogP contribution in [0.2, 0.25) is 0 Å². The predicted molar refractivity (Wildman–Crippen MR) is 112 cm³/mol. The molecule has 5 aliphatic rings. The van der Waals surface area contributed by atoms with Crippen LogP contribution in [0.1, 0.15) is 63.4 Å². The second kappa shape index (κ2) is 5.85. The predicted octanol–water partition coefficient (Wildman–Crippen LogP) is 4.96. The molecule has 1 N–H and O–H groups in total. The van der Waals surface area contributed by atoms with Gasteiger partial charge in [0.1, 0.15) is 5.75 Å². The van der Waals surface area contributed by atoms with Crippen LogP contribution in [0.5, 0.6) is 5.75 Å². The van der Waals surface area contributed by atoms with Crippen molar-refractivity contribution in [2.24, 2.45) is 23.2 Å². The smallest absolute Gasteiger partial charge is 0.156 e. The van der Waals surface area contributed by atoms with E-state index in [4.69, 9.17) is 4.74 Å². The quantitative estimate of drug-likeness (QED) is 0.777. The lowest BCUT2D eigenvalue weighted by Gasteiger charge is -2.53. The van der Waals surface area contributed by atoms with Crippen molar-refractivity contribution in [2.45, 2.75) is 63.4 Å². The highest BCUT2D eigenvalue weighted by atomic mass is 16.5. The Morgan fingerprint density at radius 1 is 1.10 bits per heavy atom. The van der Waals surface area contributed by atoms with Crippen LogP contribution in [-0.2, 0) is 4.79 Å². The Bertz CT molecular complexity index is 955. The summed E-state index contributed by atoms with van der Waals surface area (Å²) in [6, 6.07) is 8.56. The minimum atomic E-state index is -0.447. The van der Waals surface area contributed by atoms with E-state index in [0.29, 0.717) is 35.9 Å². The minimum Gasteiger partial charge on any atom is -0.497 e. The van der Waals surface area contributed by atoms with Crippen LogP contribution in [0.3, 0.4) is 0 Å². The van der Waals surface area contributed by atoms with Gasteiger partial charge in [0.2, 0.25) is 0 Å². The molecule has 152 valence electrons. The number of carbonyl (C=O) groups excluding carboxylic acids is 1. The molecule has 0 aromatic heterocycles. The number of aliphatic hydroxyl groups is 1. The number of rotatable bonds is 2. The first-order chi connectivity index (χ1) is 13.9. The molecule has 0 unspecified atom stereocenters. The zero-order chi connectivity index (χ0) is 20.0. The highest BCUT2D eigenvalue weighted by molar-refractivity contribution is 5.93. The van der Waals surface area contributed by atoms with E-state index < -0.39 is 5.60 Å². The Morgan fingerprint density at radius 3 is 2.66 bits per heavy atom. The molecule has 6 atom stereocenters. The molecule has 0 heterocycles. The Kier molecular flexibility index (Phi) is 3.62. The summed E-state index contributed by atoms with van der Waals surface area (Å²) in [5, 5.41) is 11.4. The van der Waals surface area contributed by atoms with E-state index in [0.717, 1.165) is 37.9 Å². The van der Waals surface area contributed by atoms with E-state index in [1.165, 1.54) is 23.1 Å². The lowest BCUT2D eigenvalue weighted by molar-refractivity contribution is -0.114. The summed E-state index contributed by atoms with van der Waals surface area (Å²) in [7, 11) is 1.71. The molecule has 0 radical (unpaired) electrons. The second-order valence-electron chi connectivity index (χ2n) is 10.3. The molecule has 0 aliphatic heterocycles. The molecule has 0 spiro atoms. The van der Waals surface area contributed by atoms with Crippen molar-refractivity contribution in [1.82, 2.24) is 0 Å². The average Bonchev–Trinajstić information content (AvgIpc) is 3.34. The van der Waals surface area contributed by atoms with Gasteiger partial charge in [0.15, 0.2) is 5.78 Å². The summed E-state index contributed by atoms with van der Waals surface area (Å²) >= 11 is 0. The van der Waals surface area contributed by atoms with Crippen LogP contribution in [0, 0.1) is 23.2 Å². The van der Waals surface area contributed by atoms with Crippen LogP contribution < -0.4 is 4.74 Å². The fourth-order valence-electron chi connectivity index (χ4n) is 7.68. The van der Waals surface area contributed by atoms with E-state index in [1.807, 2.05) is 6.08 Å². The summed E-state index contributed by atoms with van der Waals surface area (Å²) in [4.78, 5) is 12.1. The molecule has 5 aliphatic carbocycles. The van der Waals surface area contributed by atoms with Gasteiger partial charge in [-0.2, -0.15) is 0 Å². The average molecular weight is 391 g/mol. The lowest BCUT2D eigenvalue weighted by Crippen LogP contribution is -2.47. The zero-order valence-electron chi connectivity index (χ0n) is 17.4. The van der Waals surface area contributed by atoms with Crippen molar-refractivity contribution in [1.29, 1.82) is 0 Å². The third kappa shape index (κ3) is 2.31. The number of fused-ring (bicyclic) bond motifs is 6. The van der Waals surface area contributed by atoms with Gasteiger partial charge in [-0.25, -0.2) is 0 Å². The SMILES string of the molecule is COc1ccc([C@H]2C[C@@]3(C)[C@@H](C[C@H]4C[C@]43O)[C@@H]3CCC4=CC(=O)CCC4=C32)cc1. The van der Waals surface area contributed by atoms with Gasteiger partial charge in [0, 0.05) is 17.8 Å². The van der Waals surface area contributed by atoms with Gasteiger partial charge in [-0.05, 0) is 91.2 Å². The zero-order valence-corrected chi connectivity index (χ0v) is 17.4. The molecule has 0 amide bonds. The monoisotopic (exact) mass is 390 g/mol. The largest absolute Gasteiger partial charge is 0.497 e. The first-order valence-corrected chi connectivity index (χ1v) is 11.3. The lowest BCUT2D eigenvalue weighted by atomic mass is 9.51. The van der Waals surface area contributed by atoms with Crippen molar-refractivity contribution < 1.29 is 14.6 Å². The molecule has 0 bridgehead atoms. The van der Waals surface area contributed by atoms with Gasteiger partial charge in [-0.3, -0.25) is 4.79 Å². The van der Waals surface area contributed by atoms with E-state index in [2.05, 4.69) is 31.2 Å². The number of methoxy groups -OCH3 is 1. The molecule has 1 aromatic carbocycles. The third-order valence-electron chi connectivity index (χ3n) is 9.24. The topological polar surface area (TPSA) is 46.5 Å². The van der Waals surface area contributed by atoms with Gasteiger partial charge in [-0.1, -0.05) is 24.6 Å². The molecular weight excluding hydrogens is 360 g/mol. The molecule has 6 rings (SSSR count). The molecule has 3 saturated carbocycles. The van der Waals surface area contributed by atoms with Gasteiger partial charge in [-0.15, -0.1) is 0 Å². The van der Waals surface area contributed by atoms with E-state index in [1.54, 1.807) is 12.7 Å². The Hall–Kier alpha value is -1.87. The normalized spacial score (nSPS) is 42.4. The molecule has 3 heteroatoms. The summed E-state index contributed by atoms with van der Waals surface area (Å²) in [5.74, 6) is 3.16. The Balaban J connectivity index is 1.51. The number of carbonyl (C=O) groups is 1. The number of ketones is 1. The maximum Gasteiger partial charge on any atom is 0.156 e. The summed E-state index contributed by atoms with van der Waals surface area (Å²) in [5.41, 5.74) is 5.28. The maximum absolute atomic E-state index is 12.1. The van der Waals surface area contributed by atoms with E-state index in [-0.39, 0.29) is 5.41 Å². The van der Waals surface area contributed by atoms with E-state index in [9.17, 15) is 9.90 Å². The summed E-state index contributed by atoms with van der Waals surface area (Å²) in [6.07, 6.45) is 8.84. The molecule has 1 aromatic rings. The van der Waals surface area contributed by atoms with Crippen molar-refractivity contribution in [3.8, 4) is 5.75 Å². The molecule has 29 heavy (non-hydrogen) atoms. The van der Waals surface area contributed by atoms with Gasteiger partial charge in [0.25, 0.3) is 0 Å². The summed E-state index contributed by atoms with van der Waals surface area (Å²) in [6.45, 7) is 2.37. The van der Waals surface area contributed by atoms with Crippen LogP contribution in [0.4, 0.5) is 0 Å². The summed E-state index contributed by atoms with van der Waals surface area (Å²) < 4.78 is 5.39. The third-order valence-corrected chi connectivity index (χ3v) is 9.24. The fourth-order valence-corrected chi connectivity index (χ4v) is 7.68. The fraction of sp³-hybridized carbons (Fsp3) is 0.577. The maximum atomic E-state index is 12.1. The number of allylic oxidation sites excluding steroid dienone is 4. The number of benzene rings is 1. The Labute approximate surface area is 172 Å². The molecular formula is C26H30O3. The van der Waals surface area contributed by atoms with E-state index >= 15 is 0 Å². The number of hydrogen-bond acceptors (Lipinski definition) is 3. The number of hydrogen-bond donors (Lipinski definition) is 1. The first-order valence-electron chi connectivity index (χ1n) is 11.3. The minimum absolute atomic E-state index is 0.00267. The standard InChI is InChI=1S/C26H30O3/c1-25-14-22(15-3-7-19(29-2)8-4-15)24-20-10-6-18(27)11-16(20)5-9-21(24)23(25)12-17-13-26(17,25)28/h3-4,7-8,11,17,21-23,28H,5-6,9-10,12-14H2,1-2H3/t17-,21-,22+,23-,25-,26-/m0/s1. The van der Waals surface area contributed by atoms with Crippen LogP contribution in [0.25, 0.3) is 0 Å². The highest BCUT2D eigenvalue weighted by Crippen LogP contribution is 2.75.